The number of likely N-dealkylation sites (N-methyl/N-ethyl adjacent to an activating group) is 1. The molecule has 19 heavy (non-hydrogen) atoms. The first kappa shape index (κ1) is 14.2. The molecule has 1 aromatic heterocycles. The molecule has 1 aliphatic rings. The Hall–Kier alpha value is -1.18. The molecule has 1 fully saturated rings. The Morgan fingerprint density at radius 2 is 2.32 bits per heavy atom. The van der Waals surface area contributed by atoms with E-state index in [1.54, 1.807) is 7.11 Å². The van der Waals surface area contributed by atoms with Crippen molar-refractivity contribution in [2.24, 2.45) is 0 Å². The van der Waals surface area contributed by atoms with Crippen LogP contribution in [0.3, 0.4) is 0 Å². The minimum absolute atomic E-state index is 0.238. The number of piperazine rings is 1. The highest BCUT2D eigenvalue weighted by molar-refractivity contribution is 7.17. The summed E-state index contributed by atoms with van der Waals surface area (Å²) in [5, 5.41) is 9.97. The molecule has 1 aliphatic heterocycles. The number of aromatic carboxylic acids is 1. The molecule has 0 amide bonds. The lowest BCUT2D eigenvalue weighted by Crippen LogP contribution is -2.50. The van der Waals surface area contributed by atoms with Gasteiger partial charge in [0, 0.05) is 32.8 Å². The summed E-state index contributed by atoms with van der Waals surface area (Å²) < 4.78 is 5.01. The average Bonchev–Trinajstić information content (AvgIpc) is 2.77. The molecule has 1 unspecified atom stereocenters. The van der Waals surface area contributed by atoms with Crippen molar-refractivity contribution in [3.63, 3.8) is 0 Å². The number of nitrogens with zero attached hydrogens (tertiary/aromatic N) is 3. The fourth-order valence-corrected chi connectivity index (χ4v) is 3.04. The standard InChI is InChI=1S/C12H19N3O3S/c1-8-6-15(5-4-14(8)2)12-13-9(7-18-3)10(19-12)11(16)17/h8H,4-7H2,1-3H3,(H,16,17). The summed E-state index contributed by atoms with van der Waals surface area (Å²) in [6, 6.07) is 0.441. The van der Waals surface area contributed by atoms with Crippen molar-refractivity contribution in [1.82, 2.24) is 9.88 Å². The molecule has 0 spiro atoms. The van der Waals surface area contributed by atoms with Gasteiger partial charge in [0.05, 0.1) is 12.3 Å². The van der Waals surface area contributed by atoms with Gasteiger partial charge in [0.2, 0.25) is 0 Å². The quantitative estimate of drug-likeness (QED) is 0.894. The predicted octanol–water partition coefficient (Wildman–Crippen LogP) is 1.13. The van der Waals surface area contributed by atoms with E-state index in [0.717, 1.165) is 24.8 Å². The number of carboxylic acids is 1. The molecule has 2 rings (SSSR count). The van der Waals surface area contributed by atoms with Crippen molar-refractivity contribution < 1.29 is 14.6 Å². The van der Waals surface area contributed by atoms with Crippen molar-refractivity contribution in [3.8, 4) is 0 Å². The van der Waals surface area contributed by atoms with Gasteiger partial charge in [-0.1, -0.05) is 11.3 Å². The molecular formula is C12H19N3O3S. The lowest BCUT2D eigenvalue weighted by molar-refractivity contribution is 0.0697. The Balaban J connectivity index is 2.20. The van der Waals surface area contributed by atoms with Gasteiger partial charge in [-0.3, -0.25) is 0 Å². The van der Waals surface area contributed by atoms with E-state index in [1.807, 2.05) is 0 Å². The van der Waals surface area contributed by atoms with Crippen molar-refractivity contribution in [2.45, 2.75) is 19.6 Å². The van der Waals surface area contributed by atoms with Gasteiger partial charge in [-0.2, -0.15) is 0 Å². The lowest BCUT2D eigenvalue weighted by Gasteiger charge is -2.37. The zero-order chi connectivity index (χ0) is 14.0. The van der Waals surface area contributed by atoms with Gasteiger partial charge in [-0.25, -0.2) is 9.78 Å². The second-order valence-electron chi connectivity index (χ2n) is 4.79. The van der Waals surface area contributed by atoms with Crippen LogP contribution in [0.25, 0.3) is 0 Å². The van der Waals surface area contributed by atoms with Gasteiger partial charge in [0.25, 0.3) is 0 Å². The number of methoxy groups -OCH3 is 1. The summed E-state index contributed by atoms with van der Waals surface area (Å²) in [7, 11) is 3.64. The second-order valence-corrected chi connectivity index (χ2v) is 5.76. The molecule has 0 aromatic carbocycles. The van der Waals surface area contributed by atoms with Crippen LogP contribution < -0.4 is 4.90 Å². The minimum atomic E-state index is -0.932. The fourth-order valence-electron chi connectivity index (χ4n) is 2.10. The second kappa shape index (κ2) is 5.85. The number of anilines is 1. The Kier molecular flexibility index (Phi) is 4.38. The van der Waals surface area contributed by atoms with E-state index < -0.39 is 5.97 Å². The first-order chi connectivity index (χ1) is 9.02. The summed E-state index contributed by atoms with van der Waals surface area (Å²) in [5.74, 6) is -0.932. The van der Waals surface area contributed by atoms with Crippen molar-refractivity contribution in [3.05, 3.63) is 10.6 Å². The van der Waals surface area contributed by atoms with Gasteiger partial charge in [-0.05, 0) is 14.0 Å². The minimum Gasteiger partial charge on any atom is -0.477 e. The molecule has 7 heteroatoms. The summed E-state index contributed by atoms with van der Waals surface area (Å²) >= 11 is 1.23. The van der Waals surface area contributed by atoms with Crippen molar-refractivity contribution >= 4 is 22.4 Å². The third-order valence-electron chi connectivity index (χ3n) is 3.39. The number of aromatic nitrogens is 1. The Morgan fingerprint density at radius 1 is 1.58 bits per heavy atom. The van der Waals surface area contributed by atoms with Gasteiger partial charge in [0.15, 0.2) is 5.13 Å². The van der Waals surface area contributed by atoms with E-state index in [9.17, 15) is 9.90 Å². The molecule has 106 valence electrons. The maximum atomic E-state index is 11.2. The van der Waals surface area contributed by atoms with Crippen LogP contribution in [0.5, 0.6) is 0 Å². The predicted molar refractivity (Wildman–Crippen MR) is 74.1 cm³/mol. The third-order valence-corrected chi connectivity index (χ3v) is 4.54. The summed E-state index contributed by atoms with van der Waals surface area (Å²) in [5.41, 5.74) is 0.515. The fraction of sp³-hybridized carbons (Fsp3) is 0.667. The summed E-state index contributed by atoms with van der Waals surface area (Å²) in [4.78, 5) is 20.3. The molecule has 0 aliphatic carbocycles. The van der Waals surface area contributed by atoms with Crippen LogP contribution in [0.1, 0.15) is 22.3 Å². The maximum Gasteiger partial charge on any atom is 0.347 e. The van der Waals surface area contributed by atoms with Crippen LogP contribution in [0, 0.1) is 0 Å². The molecule has 1 atom stereocenters. The summed E-state index contributed by atoms with van der Waals surface area (Å²) in [6.07, 6.45) is 0. The molecule has 1 N–H and O–H groups in total. The molecule has 0 saturated carbocycles. The molecule has 1 aromatic rings. The molecule has 6 nitrogen and oxygen atoms in total. The Bertz CT molecular complexity index is 463. The Labute approximate surface area is 116 Å². The number of rotatable bonds is 4. The third kappa shape index (κ3) is 3.05. The van der Waals surface area contributed by atoms with E-state index in [4.69, 9.17) is 4.74 Å². The molecule has 1 saturated heterocycles. The van der Waals surface area contributed by atoms with Crippen LogP contribution in [0.15, 0.2) is 0 Å². The number of ether oxygens (including phenoxy) is 1. The van der Waals surface area contributed by atoms with Gasteiger partial charge < -0.3 is 19.6 Å². The van der Waals surface area contributed by atoms with Crippen LogP contribution in [0.2, 0.25) is 0 Å². The molecular weight excluding hydrogens is 266 g/mol. The highest BCUT2D eigenvalue weighted by Gasteiger charge is 2.25. The van der Waals surface area contributed by atoms with E-state index in [0.29, 0.717) is 11.7 Å². The lowest BCUT2D eigenvalue weighted by atomic mass is 10.2. The van der Waals surface area contributed by atoms with E-state index in [-0.39, 0.29) is 11.5 Å². The van der Waals surface area contributed by atoms with Crippen molar-refractivity contribution in [2.75, 3.05) is 38.7 Å². The zero-order valence-corrected chi connectivity index (χ0v) is 12.2. The highest BCUT2D eigenvalue weighted by Crippen LogP contribution is 2.28. The Morgan fingerprint density at radius 3 is 2.89 bits per heavy atom. The zero-order valence-electron chi connectivity index (χ0n) is 11.4. The first-order valence-electron chi connectivity index (χ1n) is 6.20. The normalized spacial score (nSPS) is 20.8. The van der Waals surface area contributed by atoms with Crippen molar-refractivity contribution in [1.29, 1.82) is 0 Å². The first-order valence-corrected chi connectivity index (χ1v) is 7.01. The number of carboxylic acid groups (broad SMARTS) is 1. The van der Waals surface area contributed by atoms with Gasteiger partial charge in [-0.15, -0.1) is 0 Å². The molecule has 0 radical (unpaired) electrons. The maximum absolute atomic E-state index is 11.2. The molecule has 2 heterocycles. The van der Waals surface area contributed by atoms with Crippen LogP contribution in [-0.2, 0) is 11.3 Å². The number of hydrogen-bond acceptors (Lipinski definition) is 6. The van der Waals surface area contributed by atoms with E-state index >= 15 is 0 Å². The smallest absolute Gasteiger partial charge is 0.347 e. The largest absolute Gasteiger partial charge is 0.477 e. The van der Waals surface area contributed by atoms with Gasteiger partial charge in [0.1, 0.15) is 4.88 Å². The SMILES string of the molecule is COCc1nc(N2CCN(C)C(C)C2)sc1C(=O)O. The van der Waals surface area contributed by atoms with E-state index in [2.05, 4.69) is 28.8 Å². The van der Waals surface area contributed by atoms with Gasteiger partial charge >= 0.3 is 5.97 Å². The number of hydrogen-bond donors (Lipinski definition) is 1. The van der Waals surface area contributed by atoms with Crippen LogP contribution in [0.4, 0.5) is 5.13 Å². The summed E-state index contributed by atoms with van der Waals surface area (Å²) in [6.45, 7) is 5.10. The van der Waals surface area contributed by atoms with Crippen LogP contribution in [-0.4, -0.2) is 60.8 Å². The van der Waals surface area contributed by atoms with Crippen LogP contribution >= 0.6 is 11.3 Å². The number of thiazole rings is 1. The monoisotopic (exact) mass is 285 g/mol. The molecule has 0 bridgehead atoms. The average molecular weight is 285 g/mol. The van der Waals surface area contributed by atoms with E-state index in [1.165, 1.54) is 11.3 Å². The highest BCUT2D eigenvalue weighted by atomic mass is 32.1. The topological polar surface area (TPSA) is 65.9 Å². The number of carbonyl (C=O) groups is 1.